The molecule has 7 nitrogen and oxygen atoms in total. The van der Waals surface area contributed by atoms with Gasteiger partial charge in [-0.05, 0) is 26.7 Å². The van der Waals surface area contributed by atoms with Gasteiger partial charge in [0, 0.05) is 19.6 Å². The second kappa shape index (κ2) is 7.84. The summed E-state index contributed by atoms with van der Waals surface area (Å²) in [6.07, 6.45) is 1.50. The van der Waals surface area contributed by atoms with E-state index in [2.05, 4.69) is 5.32 Å². The Morgan fingerprint density at radius 1 is 1.30 bits per heavy atom. The van der Waals surface area contributed by atoms with Crippen LogP contribution in [0, 0.1) is 0 Å². The molecule has 0 aromatic carbocycles. The second-order valence-electron chi connectivity index (χ2n) is 4.74. The Balaban J connectivity index is 2.62. The molecule has 1 aliphatic heterocycles. The fourth-order valence-electron chi connectivity index (χ4n) is 2.42. The first-order valence-electron chi connectivity index (χ1n) is 7.10. The van der Waals surface area contributed by atoms with Crippen LogP contribution in [0.4, 0.5) is 0 Å². The molecular formula is C13H24N4O3. The summed E-state index contributed by atoms with van der Waals surface area (Å²) in [6, 6.07) is -0.392. The van der Waals surface area contributed by atoms with Crippen molar-refractivity contribution in [3.8, 4) is 0 Å². The van der Waals surface area contributed by atoms with E-state index in [1.165, 1.54) is 0 Å². The third-order valence-electron chi connectivity index (χ3n) is 3.56. The summed E-state index contributed by atoms with van der Waals surface area (Å²) in [6.45, 7) is 5.44. The number of rotatable bonds is 6. The zero-order valence-corrected chi connectivity index (χ0v) is 12.2. The van der Waals surface area contributed by atoms with Gasteiger partial charge in [0.1, 0.15) is 6.04 Å². The lowest BCUT2D eigenvalue weighted by Gasteiger charge is -2.29. The van der Waals surface area contributed by atoms with E-state index in [4.69, 9.17) is 5.73 Å². The molecule has 3 N–H and O–H groups in total. The fourth-order valence-corrected chi connectivity index (χ4v) is 2.42. The minimum Gasteiger partial charge on any atom is -0.346 e. The highest BCUT2D eigenvalue weighted by Crippen LogP contribution is 2.19. The van der Waals surface area contributed by atoms with E-state index in [0.717, 1.165) is 6.42 Å². The van der Waals surface area contributed by atoms with E-state index in [-0.39, 0.29) is 30.8 Å². The van der Waals surface area contributed by atoms with E-state index in [1.54, 1.807) is 9.80 Å². The Hall–Kier alpha value is -1.63. The molecule has 0 aliphatic carbocycles. The molecular weight excluding hydrogens is 260 g/mol. The summed E-state index contributed by atoms with van der Waals surface area (Å²) < 4.78 is 0. The summed E-state index contributed by atoms with van der Waals surface area (Å²) in [5, 5.41) is 2.45. The van der Waals surface area contributed by atoms with Crippen LogP contribution in [0.25, 0.3) is 0 Å². The number of nitrogens with two attached hydrogens (primary N) is 1. The third kappa shape index (κ3) is 3.93. The average Bonchev–Trinajstić information content (AvgIpc) is 2.94. The lowest BCUT2D eigenvalue weighted by atomic mass is 10.2. The van der Waals surface area contributed by atoms with Crippen LogP contribution < -0.4 is 11.1 Å². The molecule has 1 atom stereocenters. The minimum absolute atomic E-state index is 0.00833. The SMILES string of the molecule is CCN(CC)C(=O)C1CCCN1C(=O)CNC(=O)CN. The molecule has 0 bridgehead atoms. The van der Waals surface area contributed by atoms with Gasteiger partial charge in [0.2, 0.25) is 17.7 Å². The maximum atomic E-state index is 12.3. The highest BCUT2D eigenvalue weighted by atomic mass is 16.2. The molecule has 1 heterocycles. The molecule has 1 saturated heterocycles. The molecule has 114 valence electrons. The van der Waals surface area contributed by atoms with Crippen LogP contribution in [0.5, 0.6) is 0 Å². The van der Waals surface area contributed by atoms with Crippen molar-refractivity contribution in [1.29, 1.82) is 0 Å². The van der Waals surface area contributed by atoms with Crippen molar-refractivity contribution < 1.29 is 14.4 Å². The number of hydrogen-bond donors (Lipinski definition) is 2. The average molecular weight is 284 g/mol. The van der Waals surface area contributed by atoms with E-state index < -0.39 is 6.04 Å². The maximum Gasteiger partial charge on any atom is 0.245 e. The van der Waals surface area contributed by atoms with Crippen LogP contribution in [-0.2, 0) is 14.4 Å². The first-order chi connectivity index (χ1) is 9.54. The first-order valence-corrected chi connectivity index (χ1v) is 7.10. The van der Waals surface area contributed by atoms with Crippen molar-refractivity contribution in [3.05, 3.63) is 0 Å². The monoisotopic (exact) mass is 284 g/mol. The van der Waals surface area contributed by atoms with Gasteiger partial charge in [-0.2, -0.15) is 0 Å². The Labute approximate surface area is 119 Å². The van der Waals surface area contributed by atoms with Gasteiger partial charge in [0.05, 0.1) is 13.1 Å². The summed E-state index contributed by atoms with van der Waals surface area (Å²) in [4.78, 5) is 38.8. The van der Waals surface area contributed by atoms with Gasteiger partial charge in [-0.15, -0.1) is 0 Å². The molecule has 1 rings (SSSR count). The molecule has 7 heteroatoms. The molecule has 20 heavy (non-hydrogen) atoms. The molecule has 0 saturated carbocycles. The molecule has 3 amide bonds. The van der Waals surface area contributed by atoms with Crippen molar-refractivity contribution in [2.24, 2.45) is 5.73 Å². The summed E-state index contributed by atoms with van der Waals surface area (Å²) in [5.74, 6) is -0.607. The van der Waals surface area contributed by atoms with Crippen LogP contribution in [0.15, 0.2) is 0 Å². The van der Waals surface area contributed by atoms with Crippen LogP contribution in [0.2, 0.25) is 0 Å². The van der Waals surface area contributed by atoms with Crippen molar-refractivity contribution in [3.63, 3.8) is 0 Å². The van der Waals surface area contributed by atoms with Crippen LogP contribution in [0.3, 0.4) is 0 Å². The number of hydrogen-bond acceptors (Lipinski definition) is 4. The van der Waals surface area contributed by atoms with Gasteiger partial charge in [-0.25, -0.2) is 0 Å². The summed E-state index contributed by atoms with van der Waals surface area (Å²) >= 11 is 0. The molecule has 0 aromatic heterocycles. The molecule has 1 unspecified atom stereocenters. The Kier molecular flexibility index (Phi) is 6.44. The largest absolute Gasteiger partial charge is 0.346 e. The van der Waals surface area contributed by atoms with Gasteiger partial charge in [0.25, 0.3) is 0 Å². The lowest BCUT2D eigenvalue weighted by Crippen LogP contribution is -2.50. The van der Waals surface area contributed by atoms with Crippen molar-refractivity contribution >= 4 is 17.7 Å². The van der Waals surface area contributed by atoms with Gasteiger partial charge in [0.15, 0.2) is 0 Å². The zero-order chi connectivity index (χ0) is 15.1. The van der Waals surface area contributed by atoms with Crippen LogP contribution in [-0.4, -0.2) is 66.3 Å². The number of amides is 3. The first kappa shape index (κ1) is 16.4. The number of carbonyl (C=O) groups is 3. The van der Waals surface area contributed by atoms with E-state index in [1.807, 2.05) is 13.8 Å². The second-order valence-corrected chi connectivity index (χ2v) is 4.74. The molecule has 0 radical (unpaired) electrons. The molecule has 0 aromatic rings. The predicted octanol–water partition coefficient (Wildman–Crippen LogP) is -1.08. The summed E-state index contributed by atoms with van der Waals surface area (Å²) in [5.41, 5.74) is 5.17. The van der Waals surface area contributed by atoms with Crippen LogP contribution >= 0.6 is 0 Å². The standard InChI is InChI=1S/C13H24N4O3/c1-3-16(4-2)13(20)10-6-5-7-17(10)12(19)9-15-11(18)8-14/h10H,3-9,14H2,1-2H3,(H,15,18). The summed E-state index contributed by atoms with van der Waals surface area (Å²) in [7, 11) is 0. The smallest absolute Gasteiger partial charge is 0.245 e. The number of likely N-dealkylation sites (N-methyl/N-ethyl adjacent to an activating group) is 1. The number of nitrogens with one attached hydrogen (secondary N) is 1. The topological polar surface area (TPSA) is 95.7 Å². The van der Waals surface area contributed by atoms with E-state index in [0.29, 0.717) is 26.1 Å². The Morgan fingerprint density at radius 3 is 2.50 bits per heavy atom. The zero-order valence-electron chi connectivity index (χ0n) is 12.2. The third-order valence-corrected chi connectivity index (χ3v) is 3.56. The quantitative estimate of drug-likeness (QED) is 0.648. The molecule has 1 fully saturated rings. The van der Waals surface area contributed by atoms with Gasteiger partial charge < -0.3 is 20.9 Å². The van der Waals surface area contributed by atoms with Crippen molar-refractivity contribution in [2.75, 3.05) is 32.7 Å². The fraction of sp³-hybridized carbons (Fsp3) is 0.769. The highest BCUT2D eigenvalue weighted by molar-refractivity contribution is 5.90. The predicted molar refractivity (Wildman–Crippen MR) is 74.7 cm³/mol. The van der Waals surface area contributed by atoms with Gasteiger partial charge in [-0.3, -0.25) is 14.4 Å². The Morgan fingerprint density at radius 2 is 1.95 bits per heavy atom. The van der Waals surface area contributed by atoms with Gasteiger partial charge >= 0.3 is 0 Å². The lowest BCUT2D eigenvalue weighted by molar-refractivity contribution is -0.143. The normalized spacial score (nSPS) is 17.9. The molecule has 1 aliphatic rings. The minimum atomic E-state index is -0.392. The Bertz CT molecular complexity index is 369. The molecule has 0 spiro atoms. The number of carbonyl (C=O) groups excluding carboxylic acids is 3. The van der Waals surface area contributed by atoms with Crippen LogP contribution in [0.1, 0.15) is 26.7 Å². The van der Waals surface area contributed by atoms with Crippen molar-refractivity contribution in [1.82, 2.24) is 15.1 Å². The van der Waals surface area contributed by atoms with Crippen molar-refractivity contribution in [2.45, 2.75) is 32.7 Å². The number of likely N-dealkylation sites (tertiary alicyclic amines) is 1. The van der Waals surface area contributed by atoms with Gasteiger partial charge in [-0.1, -0.05) is 0 Å². The van der Waals surface area contributed by atoms with E-state index >= 15 is 0 Å². The van der Waals surface area contributed by atoms with E-state index in [9.17, 15) is 14.4 Å². The highest BCUT2D eigenvalue weighted by Gasteiger charge is 2.35. The maximum absolute atomic E-state index is 12.3. The number of nitrogens with zero attached hydrogens (tertiary/aromatic N) is 2.